The first-order valence-corrected chi connectivity index (χ1v) is 6.04. The normalized spacial score (nSPS) is 13.6. The molecule has 96 valence electrons. The van der Waals surface area contributed by atoms with Gasteiger partial charge in [0.2, 0.25) is 0 Å². The number of hydrogen-bond acceptors (Lipinski definition) is 3. The molecule has 1 atom stereocenters. The highest BCUT2D eigenvalue weighted by Crippen LogP contribution is 2.06. The Morgan fingerprint density at radius 2 is 1.94 bits per heavy atom. The van der Waals surface area contributed by atoms with Crippen molar-refractivity contribution in [3.63, 3.8) is 0 Å². The fourth-order valence-corrected chi connectivity index (χ4v) is 1.47. The fraction of sp³-hybridized carbons (Fsp3) is 0.571. The number of rotatable bonds is 7. The largest absolute Gasteiger partial charge is 0.392 e. The van der Waals surface area contributed by atoms with Crippen LogP contribution in [0.4, 0.5) is 0 Å². The molecule has 0 aliphatic rings. The maximum absolute atomic E-state index is 9.22. The van der Waals surface area contributed by atoms with Gasteiger partial charge < -0.3 is 15.2 Å². The Morgan fingerprint density at radius 3 is 2.53 bits per heavy atom. The molecule has 0 unspecified atom stereocenters. The number of β-amino-alcohol motifs (C(OH)–C–C–N with tert-alkyl or cyclic N) is 1. The van der Waals surface area contributed by atoms with Crippen LogP contribution in [0.5, 0.6) is 0 Å². The van der Waals surface area contributed by atoms with E-state index in [4.69, 9.17) is 4.74 Å². The molecule has 3 nitrogen and oxygen atoms in total. The van der Waals surface area contributed by atoms with Crippen LogP contribution in [-0.2, 0) is 11.3 Å². The molecule has 0 aliphatic carbocycles. The Labute approximate surface area is 104 Å². The van der Waals surface area contributed by atoms with Crippen molar-refractivity contribution >= 4 is 0 Å². The van der Waals surface area contributed by atoms with Crippen LogP contribution in [0.25, 0.3) is 0 Å². The minimum atomic E-state index is -0.330. The molecule has 0 heterocycles. The third kappa shape index (κ3) is 6.41. The summed E-state index contributed by atoms with van der Waals surface area (Å²) in [4.78, 5) is 0. The Morgan fingerprint density at radius 1 is 1.29 bits per heavy atom. The van der Waals surface area contributed by atoms with Crippen molar-refractivity contribution in [1.29, 1.82) is 0 Å². The van der Waals surface area contributed by atoms with E-state index in [2.05, 4.69) is 31.3 Å². The van der Waals surface area contributed by atoms with Crippen LogP contribution < -0.4 is 5.32 Å². The van der Waals surface area contributed by atoms with E-state index in [0.29, 0.717) is 19.8 Å². The van der Waals surface area contributed by atoms with Gasteiger partial charge >= 0.3 is 0 Å². The van der Waals surface area contributed by atoms with Crippen LogP contribution >= 0.6 is 0 Å². The molecular formula is C14H23NO2. The van der Waals surface area contributed by atoms with Crippen molar-refractivity contribution in [3.8, 4) is 0 Å². The van der Waals surface area contributed by atoms with Crippen LogP contribution in [0.3, 0.4) is 0 Å². The highest BCUT2D eigenvalue weighted by Gasteiger charge is 2.17. The Kier molecular flexibility index (Phi) is 5.62. The van der Waals surface area contributed by atoms with Crippen molar-refractivity contribution in [2.75, 3.05) is 13.2 Å². The Bertz CT molecular complexity index is 309. The lowest BCUT2D eigenvalue weighted by molar-refractivity contribution is 0.0645. The molecule has 2 N–H and O–H groups in total. The summed E-state index contributed by atoms with van der Waals surface area (Å²) in [5.74, 6) is 0. The van der Waals surface area contributed by atoms with Crippen LogP contribution in [0, 0.1) is 0 Å². The van der Waals surface area contributed by atoms with E-state index >= 15 is 0 Å². The molecule has 1 aromatic carbocycles. The summed E-state index contributed by atoms with van der Waals surface area (Å²) < 4.78 is 5.67. The molecule has 3 heteroatoms. The molecule has 0 saturated carbocycles. The number of benzene rings is 1. The lowest BCUT2D eigenvalue weighted by Gasteiger charge is -2.27. The summed E-state index contributed by atoms with van der Waals surface area (Å²) in [5.41, 5.74) is 1.06. The monoisotopic (exact) mass is 237 g/mol. The molecule has 1 rings (SSSR count). The van der Waals surface area contributed by atoms with Crippen LogP contribution in [0.15, 0.2) is 30.3 Å². The van der Waals surface area contributed by atoms with Gasteiger partial charge in [0.25, 0.3) is 0 Å². The Balaban J connectivity index is 2.25. The van der Waals surface area contributed by atoms with Crippen molar-refractivity contribution in [2.24, 2.45) is 0 Å². The van der Waals surface area contributed by atoms with Crippen LogP contribution in [0.1, 0.15) is 26.3 Å². The molecule has 0 spiro atoms. The summed E-state index contributed by atoms with van der Waals surface area (Å²) in [7, 11) is 0. The van der Waals surface area contributed by atoms with E-state index in [1.807, 2.05) is 18.2 Å². The van der Waals surface area contributed by atoms with Crippen molar-refractivity contribution in [2.45, 2.75) is 39.0 Å². The molecule has 0 aliphatic heterocycles. The zero-order valence-corrected chi connectivity index (χ0v) is 10.9. The molecule has 0 radical (unpaired) electrons. The first kappa shape index (κ1) is 14.2. The van der Waals surface area contributed by atoms with Gasteiger partial charge in [-0.05, 0) is 26.3 Å². The van der Waals surface area contributed by atoms with Gasteiger partial charge in [-0.15, -0.1) is 0 Å². The maximum Gasteiger partial charge on any atom is 0.0717 e. The van der Waals surface area contributed by atoms with Gasteiger partial charge in [-0.25, -0.2) is 0 Å². The number of ether oxygens (including phenoxy) is 1. The summed E-state index contributed by atoms with van der Waals surface area (Å²) in [6, 6.07) is 10.1. The second kappa shape index (κ2) is 6.74. The standard InChI is InChI=1S/C14H23NO2/c1-12(16)9-15-14(2,3)11-17-10-13-7-5-4-6-8-13/h4-8,12,15-16H,9-11H2,1-3H3/t12-/m1/s1. The highest BCUT2D eigenvalue weighted by molar-refractivity contribution is 5.13. The second-order valence-corrected chi connectivity index (χ2v) is 5.09. The van der Waals surface area contributed by atoms with E-state index in [-0.39, 0.29) is 11.6 Å². The van der Waals surface area contributed by atoms with E-state index < -0.39 is 0 Å². The first-order chi connectivity index (χ1) is 7.99. The predicted octanol–water partition coefficient (Wildman–Crippen LogP) is 1.95. The molecule has 0 amide bonds. The van der Waals surface area contributed by atoms with Crippen molar-refractivity contribution in [1.82, 2.24) is 5.32 Å². The Hall–Kier alpha value is -0.900. The zero-order valence-electron chi connectivity index (χ0n) is 10.9. The minimum absolute atomic E-state index is 0.119. The van der Waals surface area contributed by atoms with E-state index in [1.54, 1.807) is 6.92 Å². The fourth-order valence-electron chi connectivity index (χ4n) is 1.47. The smallest absolute Gasteiger partial charge is 0.0717 e. The van der Waals surface area contributed by atoms with Crippen LogP contribution in [0.2, 0.25) is 0 Å². The van der Waals surface area contributed by atoms with Gasteiger partial charge in [-0.1, -0.05) is 30.3 Å². The number of hydrogen-bond donors (Lipinski definition) is 2. The molecule has 17 heavy (non-hydrogen) atoms. The van der Waals surface area contributed by atoms with Crippen molar-refractivity contribution in [3.05, 3.63) is 35.9 Å². The van der Waals surface area contributed by atoms with Gasteiger partial charge in [0, 0.05) is 12.1 Å². The average Bonchev–Trinajstić information content (AvgIpc) is 2.28. The molecule has 0 saturated heterocycles. The summed E-state index contributed by atoms with van der Waals surface area (Å²) in [5, 5.41) is 12.5. The molecule has 1 aromatic rings. The maximum atomic E-state index is 9.22. The molecule has 0 bridgehead atoms. The topological polar surface area (TPSA) is 41.5 Å². The lowest BCUT2D eigenvalue weighted by atomic mass is 10.1. The van der Waals surface area contributed by atoms with E-state index in [1.165, 1.54) is 5.56 Å². The lowest BCUT2D eigenvalue weighted by Crippen LogP contribution is -2.46. The van der Waals surface area contributed by atoms with Gasteiger partial charge in [0.1, 0.15) is 0 Å². The summed E-state index contributed by atoms with van der Waals surface area (Å²) >= 11 is 0. The number of nitrogens with one attached hydrogen (secondary N) is 1. The molecule has 0 fully saturated rings. The summed E-state index contributed by atoms with van der Waals surface area (Å²) in [6.07, 6.45) is -0.330. The van der Waals surface area contributed by atoms with Crippen LogP contribution in [-0.4, -0.2) is 29.9 Å². The zero-order chi connectivity index (χ0) is 12.7. The molecular weight excluding hydrogens is 214 g/mol. The van der Waals surface area contributed by atoms with Gasteiger partial charge in [-0.3, -0.25) is 0 Å². The van der Waals surface area contributed by atoms with E-state index in [0.717, 1.165) is 0 Å². The second-order valence-electron chi connectivity index (χ2n) is 5.09. The van der Waals surface area contributed by atoms with Crippen molar-refractivity contribution < 1.29 is 9.84 Å². The van der Waals surface area contributed by atoms with Gasteiger partial charge in [0.15, 0.2) is 0 Å². The SMILES string of the molecule is C[C@@H](O)CNC(C)(C)COCc1ccccc1. The molecule has 0 aromatic heterocycles. The third-order valence-corrected chi connectivity index (χ3v) is 2.45. The van der Waals surface area contributed by atoms with Gasteiger partial charge in [0.05, 0.1) is 19.3 Å². The highest BCUT2D eigenvalue weighted by atomic mass is 16.5. The van der Waals surface area contributed by atoms with E-state index in [9.17, 15) is 5.11 Å². The minimum Gasteiger partial charge on any atom is -0.392 e. The number of aliphatic hydroxyl groups excluding tert-OH is 1. The third-order valence-electron chi connectivity index (χ3n) is 2.45. The number of aliphatic hydroxyl groups is 1. The predicted molar refractivity (Wildman–Crippen MR) is 69.9 cm³/mol. The quantitative estimate of drug-likeness (QED) is 0.761. The van der Waals surface area contributed by atoms with Gasteiger partial charge in [-0.2, -0.15) is 0 Å². The first-order valence-electron chi connectivity index (χ1n) is 6.04. The summed E-state index contributed by atoms with van der Waals surface area (Å²) in [6.45, 7) is 7.74. The average molecular weight is 237 g/mol.